The Labute approximate surface area is 108 Å². The van der Waals surface area contributed by atoms with Crippen LogP contribution in [0.1, 0.15) is 25.7 Å². The molecule has 1 aliphatic heterocycles. The summed E-state index contributed by atoms with van der Waals surface area (Å²) in [6, 6.07) is 0. The van der Waals surface area contributed by atoms with Gasteiger partial charge in [0.05, 0.1) is 11.2 Å². The Bertz CT molecular complexity index is 418. The highest BCUT2D eigenvalue weighted by molar-refractivity contribution is 8.13. The van der Waals surface area contributed by atoms with Crippen LogP contribution >= 0.6 is 10.7 Å². The summed E-state index contributed by atoms with van der Waals surface area (Å²) in [4.78, 5) is 0. The molecule has 1 heterocycles. The molecule has 1 aliphatic carbocycles. The zero-order chi connectivity index (χ0) is 13.7. The van der Waals surface area contributed by atoms with Gasteiger partial charge in [0.1, 0.15) is 0 Å². The van der Waals surface area contributed by atoms with Gasteiger partial charge in [0.15, 0.2) is 0 Å². The maximum absolute atomic E-state index is 13.1. The third-order valence-electron chi connectivity index (χ3n) is 4.03. The summed E-state index contributed by atoms with van der Waals surface area (Å²) in [6.07, 6.45) is -3.71. The van der Waals surface area contributed by atoms with Crippen molar-refractivity contribution in [2.45, 2.75) is 31.9 Å². The van der Waals surface area contributed by atoms with E-state index in [2.05, 4.69) is 0 Å². The number of hydrogen-bond donors (Lipinski definition) is 0. The highest BCUT2D eigenvalue weighted by atomic mass is 35.7. The van der Waals surface area contributed by atoms with Crippen LogP contribution in [0.4, 0.5) is 13.2 Å². The normalized spacial score (nSPS) is 26.9. The van der Waals surface area contributed by atoms with Crippen LogP contribution < -0.4 is 0 Å². The van der Waals surface area contributed by atoms with Crippen molar-refractivity contribution in [1.29, 1.82) is 0 Å². The Morgan fingerprint density at radius 1 is 1.17 bits per heavy atom. The number of alkyl halides is 3. The highest BCUT2D eigenvalue weighted by Crippen LogP contribution is 2.65. The third-order valence-corrected chi connectivity index (χ3v) is 5.25. The van der Waals surface area contributed by atoms with E-state index in [1.807, 2.05) is 0 Å². The number of ether oxygens (including phenoxy) is 1. The number of rotatable bonds is 2. The Hall–Kier alpha value is -0.0100. The first kappa shape index (κ1) is 14.4. The van der Waals surface area contributed by atoms with Gasteiger partial charge in [-0.3, -0.25) is 0 Å². The first-order valence-electron chi connectivity index (χ1n) is 5.65. The molecule has 2 aliphatic rings. The van der Waals surface area contributed by atoms with Crippen molar-refractivity contribution in [1.82, 2.24) is 0 Å². The van der Waals surface area contributed by atoms with Gasteiger partial charge in [-0.2, -0.15) is 13.2 Å². The van der Waals surface area contributed by atoms with E-state index in [9.17, 15) is 21.6 Å². The molecule has 2 fully saturated rings. The number of halogens is 4. The molecule has 1 saturated heterocycles. The van der Waals surface area contributed by atoms with E-state index >= 15 is 0 Å². The molecule has 3 nitrogen and oxygen atoms in total. The maximum Gasteiger partial charge on any atom is 0.395 e. The van der Waals surface area contributed by atoms with Crippen molar-refractivity contribution in [2.75, 3.05) is 19.0 Å². The van der Waals surface area contributed by atoms with Gasteiger partial charge in [0.25, 0.3) is 0 Å². The summed E-state index contributed by atoms with van der Waals surface area (Å²) in [5, 5.41) is 0. The standard InChI is InChI=1S/C10H14ClF3O3S/c11-18(15,16)7-9(10(12,13)14)5-8(6-9)1-3-17-4-2-8/h1-7H2. The first-order valence-corrected chi connectivity index (χ1v) is 8.12. The predicted octanol–water partition coefficient (Wildman–Crippen LogP) is 2.69. The molecule has 0 bridgehead atoms. The molecule has 0 aromatic rings. The average Bonchev–Trinajstić information content (AvgIpc) is 2.12. The topological polar surface area (TPSA) is 43.4 Å². The van der Waals surface area contributed by atoms with Crippen LogP contribution in [0.25, 0.3) is 0 Å². The monoisotopic (exact) mass is 306 g/mol. The van der Waals surface area contributed by atoms with Crippen molar-refractivity contribution in [3.05, 3.63) is 0 Å². The third kappa shape index (κ3) is 2.63. The summed E-state index contributed by atoms with van der Waals surface area (Å²) < 4.78 is 66.3. The average molecular weight is 307 g/mol. The summed E-state index contributed by atoms with van der Waals surface area (Å²) >= 11 is 0. The van der Waals surface area contributed by atoms with Crippen LogP contribution in [-0.2, 0) is 13.8 Å². The Morgan fingerprint density at radius 3 is 2.06 bits per heavy atom. The lowest BCUT2D eigenvalue weighted by molar-refractivity contribution is -0.281. The lowest BCUT2D eigenvalue weighted by atomic mass is 9.50. The van der Waals surface area contributed by atoms with Gasteiger partial charge in [-0.15, -0.1) is 0 Å². The Morgan fingerprint density at radius 2 is 1.67 bits per heavy atom. The van der Waals surface area contributed by atoms with Crippen LogP contribution in [0.5, 0.6) is 0 Å². The van der Waals surface area contributed by atoms with Crippen LogP contribution in [-0.4, -0.2) is 33.6 Å². The molecular formula is C10H14ClF3O3S. The fourth-order valence-electron chi connectivity index (χ4n) is 3.26. The SMILES string of the molecule is O=S(=O)(Cl)CC1(C(F)(F)F)CC2(CCOCC2)C1. The van der Waals surface area contributed by atoms with Gasteiger partial charge in [-0.25, -0.2) is 8.42 Å². The van der Waals surface area contributed by atoms with Crippen LogP contribution in [0.15, 0.2) is 0 Å². The van der Waals surface area contributed by atoms with Crippen molar-refractivity contribution >= 4 is 19.7 Å². The van der Waals surface area contributed by atoms with Crippen molar-refractivity contribution in [3.8, 4) is 0 Å². The summed E-state index contributed by atoms with van der Waals surface area (Å²) in [5.74, 6) is -1.02. The molecule has 106 valence electrons. The quantitative estimate of drug-likeness (QED) is 0.737. The van der Waals surface area contributed by atoms with E-state index in [4.69, 9.17) is 15.4 Å². The minimum Gasteiger partial charge on any atom is -0.381 e. The fourth-order valence-corrected chi connectivity index (χ4v) is 4.91. The molecule has 2 rings (SSSR count). The molecular weight excluding hydrogens is 293 g/mol. The Balaban J connectivity index is 2.17. The molecule has 18 heavy (non-hydrogen) atoms. The van der Waals surface area contributed by atoms with Gasteiger partial charge < -0.3 is 4.74 Å². The van der Waals surface area contributed by atoms with E-state index in [1.165, 1.54) is 0 Å². The maximum atomic E-state index is 13.1. The minimum absolute atomic E-state index is 0.154. The summed E-state index contributed by atoms with van der Waals surface area (Å²) in [6.45, 7) is 0.892. The van der Waals surface area contributed by atoms with E-state index in [0.29, 0.717) is 26.1 Å². The van der Waals surface area contributed by atoms with Crippen molar-refractivity contribution in [3.63, 3.8) is 0 Å². The van der Waals surface area contributed by atoms with E-state index < -0.39 is 31.8 Å². The largest absolute Gasteiger partial charge is 0.395 e. The van der Waals surface area contributed by atoms with E-state index in [0.717, 1.165) is 0 Å². The number of hydrogen-bond acceptors (Lipinski definition) is 3. The summed E-state index contributed by atoms with van der Waals surface area (Å²) in [7, 11) is 0.851. The zero-order valence-electron chi connectivity index (χ0n) is 9.59. The summed E-state index contributed by atoms with van der Waals surface area (Å²) in [5.41, 5.74) is -2.57. The molecule has 0 radical (unpaired) electrons. The fraction of sp³-hybridized carbons (Fsp3) is 1.00. The molecule has 0 N–H and O–H groups in total. The van der Waals surface area contributed by atoms with E-state index in [-0.39, 0.29) is 12.8 Å². The molecule has 8 heteroatoms. The van der Waals surface area contributed by atoms with Gasteiger partial charge in [0, 0.05) is 23.9 Å². The first-order chi connectivity index (χ1) is 8.08. The molecule has 1 spiro atoms. The van der Waals surface area contributed by atoms with Gasteiger partial charge in [-0.05, 0) is 31.1 Å². The van der Waals surface area contributed by atoms with Crippen molar-refractivity contribution in [2.24, 2.45) is 10.8 Å². The molecule has 0 aromatic carbocycles. The van der Waals surface area contributed by atoms with Crippen LogP contribution in [0.2, 0.25) is 0 Å². The molecule has 0 amide bonds. The second-order valence-corrected chi connectivity index (χ2v) is 8.20. The second-order valence-electron chi connectivity index (χ2n) is 5.43. The van der Waals surface area contributed by atoms with E-state index in [1.54, 1.807) is 0 Å². The molecule has 0 aromatic heterocycles. The van der Waals surface area contributed by atoms with Gasteiger partial charge in [0.2, 0.25) is 9.05 Å². The zero-order valence-corrected chi connectivity index (χ0v) is 11.2. The lowest BCUT2D eigenvalue weighted by Gasteiger charge is -2.57. The predicted molar refractivity (Wildman–Crippen MR) is 59.8 cm³/mol. The molecule has 0 atom stereocenters. The van der Waals surface area contributed by atoms with Crippen LogP contribution in [0.3, 0.4) is 0 Å². The van der Waals surface area contributed by atoms with Crippen LogP contribution in [0, 0.1) is 10.8 Å². The van der Waals surface area contributed by atoms with Gasteiger partial charge in [-0.1, -0.05) is 0 Å². The highest BCUT2D eigenvalue weighted by Gasteiger charge is 2.68. The van der Waals surface area contributed by atoms with Crippen molar-refractivity contribution < 1.29 is 26.3 Å². The molecule has 1 saturated carbocycles. The van der Waals surface area contributed by atoms with Gasteiger partial charge >= 0.3 is 6.18 Å². The molecule has 0 unspecified atom stereocenters. The Kier molecular flexibility index (Phi) is 3.40. The smallest absolute Gasteiger partial charge is 0.381 e. The second kappa shape index (κ2) is 4.24. The minimum atomic E-state index is -4.53. The lowest BCUT2D eigenvalue weighted by Crippen LogP contribution is -2.59.